The van der Waals surface area contributed by atoms with Crippen LogP contribution in [0.5, 0.6) is 0 Å². The third-order valence-electron chi connectivity index (χ3n) is 4.16. The van der Waals surface area contributed by atoms with E-state index in [0.29, 0.717) is 12.0 Å². The number of nitrogens with zero attached hydrogens (tertiary/aromatic N) is 1. The Hall–Kier alpha value is -1.66. The molecule has 5 nitrogen and oxygen atoms in total. The van der Waals surface area contributed by atoms with Crippen molar-refractivity contribution in [3.63, 3.8) is 0 Å². The van der Waals surface area contributed by atoms with Crippen LogP contribution in [0.3, 0.4) is 0 Å². The lowest BCUT2D eigenvalue weighted by atomic mass is 10.0. The highest BCUT2D eigenvalue weighted by Crippen LogP contribution is 2.28. The van der Waals surface area contributed by atoms with E-state index in [2.05, 4.69) is 0 Å². The molecule has 1 aromatic rings. The minimum Gasteiger partial charge on any atom is -0.463 e. The van der Waals surface area contributed by atoms with Crippen LogP contribution in [0.15, 0.2) is 40.8 Å². The molecule has 0 fully saturated rings. The second-order valence-electron chi connectivity index (χ2n) is 5.99. The molecule has 1 aromatic carbocycles. The van der Waals surface area contributed by atoms with Gasteiger partial charge in [0.05, 0.1) is 11.5 Å². The van der Waals surface area contributed by atoms with Crippen LogP contribution in [0.1, 0.15) is 38.7 Å². The molecule has 1 aliphatic rings. The van der Waals surface area contributed by atoms with Gasteiger partial charge in [0, 0.05) is 18.2 Å². The molecule has 0 radical (unpaired) electrons. The van der Waals surface area contributed by atoms with Crippen molar-refractivity contribution < 1.29 is 17.9 Å². The summed E-state index contributed by atoms with van der Waals surface area (Å²) >= 11 is 0. The van der Waals surface area contributed by atoms with Crippen molar-refractivity contribution in [3.05, 3.63) is 41.5 Å². The van der Waals surface area contributed by atoms with Crippen molar-refractivity contribution in [2.45, 2.75) is 51.0 Å². The lowest BCUT2D eigenvalue weighted by Gasteiger charge is -2.34. The Morgan fingerprint density at radius 2 is 1.92 bits per heavy atom. The van der Waals surface area contributed by atoms with Gasteiger partial charge >= 0.3 is 5.97 Å². The quantitative estimate of drug-likeness (QED) is 0.739. The first-order valence-corrected chi connectivity index (χ1v) is 9.78. The van der Waals surface area contributed by atoms with E-state index in [1.165, 1.54) is 4.31 Å². The summed E-state index contributed by atoms with van der Waals surface area (Å²) < 4.78 is 32.6. The highest BCUT2D eigenvalue weighted by Gasteiger charge is 2.35. The van der Waals surface area contributed by atoms with Gasteiger partial charge < -0.3 is 4.74 Å². The average molecular weight is 351 g/mol. The summed E-state index contributed by atoms with van der Waals surface area (Å²) in [6, 6.07) is 6.69. The lowest BCUT2D eigenvalue weighted by Crippen LogP contribution is -2.44. The number of carbonyl (C=O) groups excluding carboxylic acids is 1. The molecule has 1 unspecified atom stereocenters. The lowest BCUT2D eigenvalue weighted by molar-refractivity contribution is -0.138. The summed E-state index contributed by atoms with van der Waals surface area (Å²) in [6.07, 6.45) is 4.00. The van der Waals surface area contributed by atoms with Gasteiger partial charge in [-0.05, 0) is 38.8 Å². The molecule has 0 aromatic heterocycles. The van der Waals surface area contributed by atoms with Gasteiger partial charge in [-0.1, -0.05) is 37.1 Å². The van der Waals surface area contributed by atoms with Crippen LogP contribution in [0.2, 0.25) is 0 Å². The molecule has 0 saturated heterocycles. The summed E-state index contributed by atoms with van der Waals surface area (Å²) in [5.41, 5.74) is 1.42. The fourth-order valence-corrected chi connectivity index (χ4v) is 4.49. The minimum absolute atomic E-state index is 0.0692. The summed E-state index contributed by atoms with van der Waals surface area (Å²) in [6.45, 7) is 6.03. The Balaban J connectivity index is 2.34. The van der Waals surface area contributed by atoms with Crippen LogP contribution in [0, 0.1) is 6.92 Å². The molecule has 132 valence electrons. The monoisotopic (exact) mass is 351 g/mol. The summed E-state index contributed by atoms with van der Waals surface area (Å²) in [7, 11) is -3.65. The average Bonchev–Trinajstić information content (AvgIpc) is 2.56. The third kappa shape index (κ3) is 4.05. The van der Waals surface area contributed by atoms with Crippen molar-refractivity contribution in [2.24, 2.45) is 0 Å². The molecule has 6 heteroatoms. The van der Waals surface area contributed by atoms with Crippen molar-refractivity contribution >= 4 is 16.0 Å². The van der Waals surface area contributed by atoms with Gasteiger partial charge in [0.1, 0.15) is 0 Å². The topological polar surface area (TPSA) is 63.7 Å². The summed E-state index contributed by atoms with van der Waals surface area (Å²) in [5, 5.41) is 0. The first-order valence-electron chi connectivity index (χ1n) is 8.34. The van der Waals surface area contributed by atoms with Crippen LogP contribution in [-0.4, -0.2) is 37.9 Å². The molecular formula is C18H25NO4S. The van der Waals surface area contributed by atoms with Crippen molar-refractivity contribution in [2.75, 3.05) is 13.2 Å². The largest absolute Gasteiger partial charge is 0.463 e. The minimum atomic E-state index is -3.65. The fourth-order valence-electron chi connectivity index (χ4n) is 2.85. The molecule has 1 heterocycles. The number of hydrogen-bond acceptors (Lipinski definition) is 4. The SMILES string of the molecule is CCCC1CC=C(C(=O)OCC)CN1S(=O)(=O)c1ccc(C)cc1. The molecule has 24 heavy (non-hydrogen) atoms. The van der Waals surface area contributed by atoms with Gasteiger partial charge in [0.25, 0.3) is 0 Å². The molecule has 0 saturated carbocycles. The molecular weight excluding hydrogens is 326 g/mol. The first-order chi connectivity index (χ1) is 11.4. The molecule has 0 bridgehead atoms. The van der Waals surface area contributed by atoms with Crippen LogP contribution in [0.25, 0.3) is 0 Å². The maximum atomic E-state index is 13.1. The van der Waals surface area contributed by atoms with Crippen LogP contribution < -0.4 is 0 Å². The number of aryl methyl sites for hydroxylation is 1. The Morgan fingerprint density at radius 1 is 1.25 bits per heavy atom. The zero-order chi connectivity index (χ0) is 17.7. The van der Waals surface area contributed by atoms with Crippen LogP contribution in [0.4, 0.5) is 0 Å². The fraction of sp³-hybridized carbons (Fsp3) is 0.500. The van der Waals surface area contributed by atoms with Gasteiger partial charge in [-0.25, -0.2) is 13.2 Å². The van der Waals surface area contributed by atoms with Gasteiger partial charge in [-0.15, -0.1) is 0 Å². The van der Waals surface area contributed by atoms with E-state index in [0.717, 1.165) is 18.4 Å². The number of esters is 1. The number of carbonyl (C=O) groups is 1. The van der Waals surface area contributed by atoms with E-state index in [9.17, 15) is 13.2 Å². The van der Waals surface area contributed by atoms with E-state index < -0.39 is 16.0 Å². The molecule has 0 amide bonds. The second kappa shape index (κ2) is 7.94. The van der Waals surface area contributed by atoms with E-state index in [1.54, 1.807) is 31.2 Å². The Morgan fingerprint density at radius 3 is 2.50 bits per heavy atom. The van der Waals surface area contributed by atoms with Gasteiger partial charge in [-0.2, -0.15) is 4.31 Å². The predicted octanol–water partition coefficient (Wildman–Crippen LogP) is 3.05. The van der Waals surface area contributed by atoms with Crippen molar-refractivity contribution in [1.29, 1.82) is 0 Å². The number of sulfonamides is 1. The molecule has 0 spiro atoms. The highest BCUT2D eigenvalue weighted by atomic mass is 32.2. The zero-order valence-electron chi connectivity index (χ0n) is 14.5. The Kier molecular flexibility index (Phi) is 6.18. The number of ether oxygens (including phenoxy) is 1. The van der Waals surface area contributed by atoms with Crippen LogP contribution in [-0.2, 0) is 19.6 Å². The van der Waals surface area contributed by atoms with Gasteiger partial charge in [0.2, 0.25) is 10.0 Å². The predicted molar refractivity (Wildman–Crippen MR) is 93.1 cm³/mol. The number of hydrogen-bond donors (Lipinski definition) is 0. The second-order valence-corrected chi connectivity index (χ2v) is 7.88. The summed E-state index contributed by atoms with van der Waals surface area (Å²) in [4.78, 5) is 12.3. The van der Waals surface area contributed by atoms with Gasteiger partial charge in [-0.3, -0.25) is 0 Å². The number of rotatable bonds is 6. The number of benzene rings is 1. The maximum absolute atomic E-state index is 13.1. The Bertz CT molecular complexity index is 707. The first kappa shape index (κ1) is 18.7. The molecule has 1 atom stereocenters. The normalized spacial score (nSPS) is 19.0. The molecule has 0 N–H and O–H groups in total. The summed E-state index contributed by atoms with van der Waals surface area (Å²) in [5.74, 6) is -0.434. The van der Waals surface area contributed by atoms with Crippen LogP contribution >= 0.6 is 0 Å². The van der Waals surface area contributed by atoms with E-state index in [1.807, 2.05) is 19.9 Å². The third-order valence-corrected chi connectivity index (χ3v) is 6.07. The van der Waals surface area contributed by atoms with E-state index in [4.69, 9.17) is 4.74 Å². The molecule has 1 aliphatic heterocycles. The zero-order valence-corrected chi connectivity index (χ0v) is 15.3. The smallest absolute Gasteiger partial charge is 0.335 e. The standard InChI is InChI=1S/C18H25NO4S/c1-4-6-16-10-9-15(18(20)23-5-2)13-19(16)24(21,22)17-11-7-14(3)8-12-17/h7-9,11-12,16H,4-6,10,13H2,1-3H3. The highest BCUT2D eigenvalue weighted by molar-refractivity contribution is 7.89. The maximum Gasteiger partial charge on any atom is 0.335 e. The van der Waals surface area contributed by atoms with Gasteiger partial charge in [0.15, 0.2) is 0 Å². The van der Waals surface area contributed by atoms with Crippen molar-refractivity contribution in [1.82, 2.24) is 4.31 Å². The van der Waals surface area contributed by atoms with E-state index >= 15 is 0 Å². The van der Waals surface area contributed by atoms with Crippen molar-refractivity contribution in [3.8, 4) is 0 Å². The molecule has 0 aliphatic carbocycles. The molecule has 2 rings (SSSR count). The Labute approximate surface area is 144 Å². The van der Waals surface area contributed by atoms with E-state index in [-0.39, 0.29) is 24.1 Å².